The largest absolute Gasteiger partial charge is 1.00 e. The molecule has 0 radical (unpaired) electrons. The number of phosphoric acid groups is 3. The van der Waals surface area contributed by atoms with E-state index in [4.69, 9.17) is 57.8 Å². The fourth-order valence-corrected chi connectivity index (χ4v) is 16.3. The maximum Gasteiger partial charge on any atom is 1.00 e. The van der Waals surface area contributed by atoms with Crippen molar-refractivity contribution in [3.63, 3.8) is 0 Å². The van der Waals surface area contributed by atoms with Crippen LogP contribution in [0.25, 0.3) is 0 Å². The molecule has 137 heavy (non-hydrogen) atoms. The summed E-state index contributed by atoms with van der Waals surface area (Å²) in [6.07, 6.45) is 41.4. The Morgan fingerprint density at radius 1 is 0.380 bits per heavy atom. The van der Waals surface area contributed by atoms with E-state index in [2.05, 4.69) is 80.1 Å². The number of carbonyl (C=O) groups is 7. The van der Waals surface area contributed by atoms with Crippen molar-refractivity contribution in [3.8, 4) is 0 Å². The van der Waals surface area contributed by atoms with Crippen LogP contribution in [0.4, 0.5) is 0 Å². The van der Waals surface area contributed by atoms with Gasteiger partial charge in [0.25, 0.3) is 0 Å². The van der Waals surface area contributed by atoms with Crippen LogP contribution in [-0.2, 0) is 79.6 Å². The van der Waals surface area contributed by atoms with Crippen LogP contribution in [0.1, 0.15) is 164 Å². The second-order valence-electron chi connectivity index (χ2n) is 35.6. The fraction of sp³-hybridized carbons (Fsp3) is 0.418. The number of esters is 3. The van der Waals surface area contributed by atoms with Crippen molar-refractivity contribution >= 4 is 64.5 Å². The van der Waals surface area contributed by atoms with Gasteiger partial charge in [-0.1, -0.05) is 270 Å². The van der Waals surface area contributed by atoms with E-state index in [-0.39, 0.29) is 94.4 Å². The van der Waals surface area contributed by atoms with Gasteiger partial charge in [-0.05, 0) is 175 Å². The summed E-state index contributed by atoms with van der Waals surface area (Å²) in [6.45, 7) is 35.7. The predicted molar refractivity (Wildman–Crippen MR) is 502 cm³/mol. The first-order valence-electron chi connectivity index (χ1n) is 42.6. The Labute approximate surface area is 843 Å². The number of allylic oxidation sites excluding steroid dienone is 40. The van der Waals surface area contributed by atoms with E-state index in [1.807, 2.05) is 215 Å². The number of carbonyl (C=O) groups excluding carboxylic acids is 7. The third kappa shape index (κ3) is 39.5. The molecule has 4 aliphatic carbocycles. The molecule has 0 spiro atoms. The molecule has 0 aromatic rings. The molecule has 3 aliphatic heterocycles. The zero-order valence-corrected chi connectivity index (χ0v) is 87.9. The quantitative estimate of drug-likeness (QED) is 0.00960. The summed E-state index contributed by atoms with van der Waals surface area (Å²) in [7, 11) is -14.5. The predicted octanol–water partition coefficient (Wildman–Crippen LogP) is 7.80. The van der Waals surface area contributed by atoms with E-state index >= 15 is 0 Å². The minimum absolute atomic E-state index is 0. The number of phosphoric ester groups is 2. The smallest absolute Gasteiger partial charge is 0.865 e. The molecule has 0 aromatic heterocycles. The van der Waals surface area contributed by atoms with Crippen LogP contribution < -0.4 is 64.2 Å². The molecule has 7 rings (SSSR count). The van der Waals surface area contributed by atoms with Crippen LogP contribution >= 0.6 is 23.5 Å². The molecule has 0 fully saturated rings. The van der Waals surface area contributed by atoms with Gasteiger partial charge in [-0.25, -0.2) is 28.1 Å². The summed E-state index contributed by atoms with van der Waals surface area (Å²) in [5.41, 5.74) is 11.6. The second kappa shape index (κ2) is 55.0. The van der Waals surface area contributed by atoms with E-state index in [1.165, 1.54) is 0 Å². The Morgan fingerprint density at radius 3 is 0.847 bits per heavy atom. The van der Waals surface area contributed by atoms with Gasteiger partial charge >= 0.3 is 100 Å². The number of hydrogen-bond donors (Lipinski definition) is 16. The van der Waals surface area contributed by atoms with Gasteiger partial charge in [-0.2, -0.15) is 0 Å². The maximum absolute atomic E-state index is 13.3. The number of cyclic esters (lactones) is 3. The van der Waals surface area contributed by atoms with Gasteiger partial charge in [0.2, 0.25) is 11.5 Å². The van der Waals surface area contributed by atoms with Crippen molar-refractivity contribution in [1.29, 1.82) is 0 Å². The van der Waals surface area contributed by atoms with E-state index < -0.39 is 179 Å². The molecular weight excluding hydrogens is 1860 g/mol. The number of ether oxygens (including phenoxy) is 3. The Bertz CT molecular complexity index is 5170. The van der Waals surface area contributed by atoms with Crippen LogP contribution in [0.3, 0.4) is 0 Å². The molecule has 3 heterocycles. The Morgan fingerprint density at radius 2 is 0.606 bits per heavy atom. The van der Waals surface area contributed by atoms with Crippen molar-refractivity contribution in [2.45, 2.75) is 225 Å². The number of rotatable bonds is 34. The molecule has 740 valence electrons. The molecule has 0 aromatic carbocycles. The minimum Gasteiger partial charge on any atom is -0.865 e. The molecule has 0 bridgehead atoms. The third-order valence-electron chi connectivity index (χ3n) is 22.0. The number of aliphatic hydroxyl groups is 11. The third-order valence-corrected chi connectivity index (χ3v) is 23.9. The van der Waals surface area contributed by atoms with Crippen LogP contribution in [0.5, 0.6) is 0 Å². The van der Waals surface area contributed by atoms with Crippen LogP contribution in [0.15, 0.2) is 294 Å². The average Bonchev–Trinajstić information content (AvgIpc) is 1.25. The monoisotopic (exact) mass is 1990 g/mol. The summed E-state index contributed by atoms with van der Waals surface area (Å²) in [5.74, 6) is -11.3. The molecule has 12 atom stereocenters. The Kier molecular flexibility index (Phi) is 50.0. The average molecular weight is 1990 g/mol. The molecule has 39 heteroatoms. The normalized spacial score (nSPS) is 24.7. The Hall–Kier alpha value is -8.52. The van der Waals surface area contributed by atoms with E-state index in [0.29, 0.717) is 46.3 Å². The molecule has 34 nitrogen and oxygen atoms in total. The molecule has 7 aliphatic rings. The second-order valence-corrected chi connectivity index (χ2v) is 39.4. The summed E-state index contributed by atoms with van der Waals surface area (Å²) in [6, 6.07) is 0. The topological polar surface area (TPSA) is 582 Å². The summed E-state index contributed by atoms with van der Waals surface area (Å²) >= 11 is 0. The van der Waals surface area contributed by atoms with Crippen molar-refractivity contribution in [1.82, 2.24) is 0 Å². The maximum atomic E-state index is 13.3. The van der Waals surface area contributed by atoms with Gasteiger partial charge in [0.1, 0.15) is 48.5 Å². The van der Waals surface area contributed by atoms with Crippen molar-refractivity contribution in [2.24, 2.45) is 21.7 Å². The van der Waals surface area contributed by atoms with Crippen LogP contribution in [-0.4, -0.2) is 203 Å². The van der Waals surface area contributed by atoms with Gasteiger partial charge in [0.05, 0.1) is 19.8 Å². The standard InChI is InChI=1S/C52H66O20P2.C40H52O4.C6H8O6.2Na.H3O4P/c1-29(17-13-19-31(3)21-23-35-33(5)41(55)39(25-51(35,7)8)71-73(63,64)67-27-37(53)47-43(57)45(59)49(61)69-47)15-11-12-16-30(2)18-14-20-32(4)22-24-36-34(6)42(56)40(26-52(36,9)10)72-74(65,66)68-28-38(54)48-44(58)46(60)50(62)70-48;1-27(17-13-19-29(3)21-23-33-31(5)37(43)35(41)25-39(33,7)8)15-11-12-16-28(2)18-14-20-30(4)22-24-34-32(6)38(44)36(42)26-40(34,9)10;7-1-2(8)5-3(9)4(10)6(11)12-5;;;1-5(2,3)4/h11-24,37-40,47-48,53-54,57-60H,25-28H2,1-10H3,(H,63,64)(H,65,66);11-24,35-36,41-42H,25-26H2,1-10H3;2,5,7-10H,1H2;;;(H3,1,2,3,4)/q;;;2*+1;/p-1/b12-11+,17-13+,18-14+,23-21+,24-22+,29-15+,30-16+,31-19+,32-20+;12-11+,17-13+,18-14+,23-21+,24-22+,27-15+,28-16+,29-19+,30-20+;;;;/t37-,38-,39?,40?,47+,48+;;2-,5+;;;/m0.0.../s1. The van der Waals surface area contributed by atoms with Gasteiger partial charge in [-0.3, -0.25) is 37.3 Å². The summed E-state index contributed by atoms with van der Waals surface area (Å²) in [4.78, 5) is 127. The van der Waals surface area contributed by atoms with Gasteiger partial charge < -0.3 is 100.0 Å². The SMILES string of the molecule is CC1=C(/C=C/C(C)=C/C=C/C(C)=C/C=C/C=C(C)/C=C/C=C(C)/C=C/C2=C(C)C(=O)C(O)CC2(C)C)C(C)(C)CC(O)C1=O.CC1=C(/C=C/C(C)=C/C=C/C(C)=C/C=C/C=C(C)/C=C/C=C(C)/C=C/C2=C(C)C(=O)C(OP(=O)(O)OC[C@H](O)[C@H]3OC(=O)C(O)=C3O)CC2(C)C)C(C)(C)CC(OP(=O)(O)OC[C@H](O)[C@H]2OC(=O)C([O-])=C2O)C1=O.O=C1O[C@H]([C@@H](O)CO)C(O)=C1O.O=P(O)(O)O.[Na+].[Na+]. The summed E-state index contributed by atoms with van der Waals surface area (Å²) in [5, 5.41) is 116. The van der Waals surface area contributed by atoms with Crippen molar-refractivity contribution < 1.29 is 224 Å². The minimum atomic E-state index is -4.95. The summed E-state index contributed by atoms with van der Waals surface area (Å²) < 4.78 is 67.9. The number of ketones is 4. The zero-order valence-electron chi connectivity index (χ0n) is 81.2. The number of hydrogen-bond acceptors (Lipinski definition) is 29. The number of aliphatic hydroxyl groups excluding tert-OH is 11. The van der Waals surface area contributed by atoms with E-state index in [9.17, 15) is 93.3 Å². The first-order chi connectivity index (χ1) is 62.3. The van der Waals surface area contributed by atoms with Crippen molar-refractivity contribution in [2.75, 3.05) is 19.8 Å². The van der Waals surface area contributed by atoms with Gasteiger partial charge in [-0.15, -0.1) is 0 Å². The number of Topliss-reactive ketones (excluding diaryl/α,β-unsaturated/α-hetero) is 4. The zero-order chi connectivity index (χ0) is 103. The molecule has 0 saturated carbocycles. The molecule has 16 N–H and O–H groups in total. The van der Waals surface area contributed by atoms with Crippen LogP contribution in [0, 0.1) is 21.7 Å². The van der Waals surface area contributed by atoms with E-state index in [1.54, 1.807) is 27.7 Å². The van der Waals surface area contributed by atoms with Crippen LogP contribution in [0.2, 0.25) is 0 Å². The van der Waals surface area contributed by atoms with Gasteiger partial charge in [0, 0.05) is 5.76 Å². The van der Waals surface area contributed by atoms with Crippen molar-refractivity contribution in [3.05, 3.63) is 294 Å². The first kappa shape index (κ1) is 125. The Balaban J connectivity index is 0.000000843. The fourth-order valence-electron chi connectivity index (χ4n) is 14.5. The molecule has 0 saturated heterocycles. The van der Waals surface area contributed by atoms with Gasteiger partial charge in [0.15, 0.2) is 53.0 Å². The molecule has 6 unspecified atom stereocenters. The molecular formula is C98H128Na2O34P3+. The van der Waals surface area contributed by atoms with E-state index in [0.717, 1.165) is 55.7 Å². The molecule has 0 amide bonds. The first-order valence-corrected chi connectivity index (χ1v) is 47.1.